The van der Waals surface area contributed by atoms with Crippen LogP contribution in [0.5, 0.6) is 34.5 Å². The average molecular weight is 1730 g/mol. The molecule has 16 heteroatoms. The highest BCUT2D eigenvalue weighted by molar-refractivity contribution is 7.10. The molecule has 6 aromatic rings. The number of ketones is 2. The van der Waals surface area contributed by atoms with Crippen molar-refractivity contribution in [2.75, 3.05) is 12.1 Å². The molecular formula is C103H162Cl2O12P2. The molecule has 670 valence electrons. The monoisotopic (exact) mass is 1720 g/mol. The Morgan fingerprint density at radius 3 is 0.815 bits per heavy atom. The van der Waals surface area contributed by atoms with Crippen molar-refractivity contribution < 1.29 is 58.1 Å². The lowest BCUT2D eigenvalue weighted by Gasteiger charge is -2.28. The van der Waals surface area contributed by atoms with E-state index in [2.05, 4.69) is 303 Å². The van der Waals surface area contributed by atoms with Crippen molar-refractivity contribution in [3.63, 3.8) is 0 Å². The van der Waals surface area contributed by atoms with Crippen molar-refractivity contribution >= 4 is 65.6 Å². The van der Waals surface area contributed by atoms with E-state index >= 15 is 0 Å². The third-order valence-electron chi connectivity index (χ3n) is 20.8. The average Bonchev–Trinajstić information content (AvgIpc) is 0.798. The summed E-state index contributed by atoms with van der Waals surface area (Å²) < 4.78 is 20.2. The van der Waals surface area contributed by atoms with Gasteiger partial charge in [0.2, 0.25) is 0 Å². The SMILES string of the molecule is CC(=O)CCc1cc(C)c(O)c(C(C)(C)C)c1.CC(C)(C)c1cc(CCC(=O)OCCl)cc(C(C)(C)C)c1O.CC(C)(C)c1cc(CCC(=O)OCCl)cc(C(C)(C)C)c1O.CC(C)(C)c1ccc(OP)c(C(C)(C)C)c1.CC(C)(C)c1ccc(OP)c(C(C)(C)C)c1.CCCCCCCC(=O)CCc1cc(C(C)(C)C)c(O)c(C(C)(C)C)c1. The summed E-state index contributed by atoms with van der Waals surface area (Å²) in [4.78, 5) is 46.2. The van der Waals surface area contributed by atoms with E-state index in [-0.39, 0.29) is 102 Å². The smallest absolute Gasteiger partial charge is 0.307 e. The van der Waals surface area contributed by atoms with Gasteiger partial charge in [-0.05, 0) is 196 Å². The lowest BCUT2D eigenvalue weighted by molar-refractivity contribution is -0.142. The predicted molar refractivity (Wildman–Crippen MR) is 512 cm³/mol. The molecule has 0 heterocycles. The zero-order valence-electron chi connectivity index (χ0n) is 80.9. The molecule has 0 aliphatic carbocycles. The molecule has 0 aliphatic heterocycles. The van der Waals surface area contributed by atoms with E-state index in [1.54, 1.807) is 6.92 Å². The number of phenols is 4. The molecule has 0 saturated heterocycles. The molecule has 119 heavy (non-hydrogen) atoms. The van der Waals surface area contributed by atoms with Crippen LogP contribution in [0, 0.1) is 6.92 Å². The molecule has 0 radical (unpaired) electrons. The maximum atomic E-state index is 12.2. The Balaban J connectivity index is 0.000000720. The van der Waals surface area contributed by atoms with Crippen LogP contribution in [0.1, 0.15) is 396 Å². The molecule has 0 spiro atoms. The summed E-state index contributed by atoms with van der Waals surface area (Å²) in [6.45, 7) is 76.2. The number of phenolic OH excluding ortho intramolecular Hbond substituents is 4. The summed E-state index contributed by atoms with van der Waals surface area (Å²) >= 11 is 10.8. The Morgan fingerprint density at radius 1 is 0.319 bits per heavy atom. The minimum Gasteiger partial charge on any atom is -0.507 e. The fourth-order valence-electron chi connectivity index (χ4n) is 13.3. The highest BCUT2D eigenvalue weighted by Gasteiger charge is 2.32. The molecule has 0 aliphatic rings. The summed E-state index contributed by atoms with van der Waals surface area (Å²) in [5.74, 6) is 3.35. The van der Waals surface area contributed by atoms with Crippen molar-refractivity contribution in [3.8, 4) is 34.5 Å². The second-order valence-corrected chi connectivity index (χ2v) is 44.4. The number of esters is 2. The maximum Gasteiger partial charge on any atom is 0.307 e. The molecular weight excluding hydrogens is 1560 g/mol. The lowest BCUT2D eigenvalue weighted by atomic mass is 9.78. The first-order valence-electron chi connectivity index (χ1n) is 42.8. The molecule has 2 unspecified atom stereocenters. The molecule has 6 rings (SSSR count). The van der Waals surface area contributed by atoms with Gasteiger partial charge in [0.25, 0.3) is 0 Å². The Morgan fingerprint density at radius 2 is 0.571 bits per heavy atom. The normalized spacial score (nSPS) is 12.3. The molecule has 6 aromatic carbocycles. The molecule has 0 saturated carbocycles. The number of ether oxygens (including phenoxy) is 2. The van der Waals surface area contributed by atoms with E-state index in [0.29, 0.717) is 60.9 Å². The van der Waals surface area contributed by atoms with Crippen molar-refractivity contribution in [2.24, 2.45) is 0 Å². The van der Waals surface area contributed by atoms with Crippen LogP contribution in [-0.4, -0.2) is 56.1 Å². The number of carbonyl (C=O) groups excluding carboxylic acids is 4. The Labute approximate surface area is 738 Å². The van der Waals surface area contributed by atoms with Crippen molar-refractivity contribution in [1.82, 2.24) is 0 Å². The van der Waals surface area contributed by atoms with Gasteiger partial charge in [0.15, 0.2) is 12.1 Å². The Kier molecular flexibility index (Phi) is 43.3. The molecule has 0 amide bonds. The first kappa shape index (κ1) is 111. The zero-order valence-corrected chi connectivity index (χ0v) is 84.7. The van der Waals surface area contributed by atoms with Gasteiger partial charge in [-0.3, -0.25) is 14.4 Å². The van der Waals surface area contributed by atoms with Crippen LogP contribution in [0.3, 0.4) is 0 Å². The number of carbonyl (C=O) groups is 4. The van der Waals surface area contributed by atoms with Crippen LogP contribution in [0.4, 0.5) is 0 Å². The topological polar surface area (TPSA) is 186 Å². The number of benzene rings is 6. The van der Waals surface area contributed by atoms with E-state index in [4.69, 9.17) is 41.7 Å². The largest absolute Gasteiger partial charge is 0.507 e. The highest BCUT2D eigenvalue weighted by atomic mass is 35.5. The molecule has 4 N–H and O–H groups in total. The number of Topliss-reactive ketones (excluding diaryl/α,β-unsaturated/α-hetero) is 2. The first-order valence-corrected chi connectivity index (χ1v) is 44.9. The van der Waals surface area contributed by atoms with Gasteiger partial charge in [-0.15, -0.1) is 0 Å². The van der Waals surface area contributed by atoms with Crippen molar-refractivity contribution in [3.05, 3.63) is 174 Å². The predicted octanol–water partition coefficient (Wildman–Crippen LogP) is 28.6. The van der Waals surface area contributed by atoms with E-state index in [0.717, 1.165) is 97.5 Å². The second kappa shape index (κ2) is 46.5. The molecule has 0 bridgehead atoms. The van der Waals surface area contributed by atoms with Crippen LogP contribution in [-0.2, 0) is 114 Å². The van der Waals surface area contributed by atoms with Crippen LogP contribution in [0.2, 0.25) is 0 Å². The minimum absolute atomic E-state index is 0.0823. The van der Waals surface area contributed by atoms with Crippen LogP contribution in [0.25, 0.3) is 0 Å². The van der Waals surface area contributed by atoms with Crippen LogP contribution < -0.4 is 9.05 Å². The number of aromatic hydroxyl groups is 4. The summed E-state index contributed by atoms with van der Waals surface area (Å²) in [6, 6.07) is 28.8. The van der Waals surface area contributed by atoms with E-state index in [1.807, 2.05) is 43.3 Å². The molecule has 12 nitrogen and oxygen atoms in total. The van der Waals surface area contributed by atoms with E-state index < -0.39 is 0 Å². The van der Waals surface area contributed by atoms with Crippen molar-refractivity contribution in [2.45, 2.75) is 399 Å². The number of hydrogen-bond donors (Lipinski definition) is 4. The molecule has 0 aromatic heterocycles. The highest BCUT2D eigenvalue weighted by Crippen LogP contribution is 2.45. The molecule has 0 fully saturated rings. The fraction of sp³-hybridized carbons (Fsp3) is 0.612. The van der Waals surface area contributed by atoms with Gasteiger partial charge >= 0.3 is 11.9 Å². The summed E-state index contributed by atoms with van der Waals surface area (Å²) in [5.41, 5.74) is 16.5. The summed E-state index contributed by atoms with van der Waals surface area (Å²) in [5, 5.41) is 42.1. The lowest BCUT2D eigenvalue weighted by Crippen LogP contribution is -2.18. The third-order valence-corrected chi connectivity index (χ3v) is 21.5. The number of aryl methyl sites for hydroxylation is 5. The number of rotatable bonds is 22. The Hall–Kier alpha value is -6.16. The molecule has 2 atom stereocenters. The minimum atomic E-state index is -0.308. The number of alkyl halides is 2. The Bertz CT molecular complexity index is 3940. The summed E-state index contributed by atoms with van der Waals surface area (Å²) in [6.07, 6.45) is 11.0. The van der Waals surface area contributed by atoms with Gasteiger partial charge in [0, 0.05) is 43.2 Å². The van der Waals surface area contributed by atoms with Crippen LogP contribution >= 0.6 is 42.1 Å². The third kappa shape index (κ3) is 38.7. The van der Waals surface area contributed by atoms with Crippen molar-refractivity contribution in [1.29, 1.82) is 0 Å². The van der Waals surface area contributed by atoms with Gasteiger partial charge in [-0.2, -0.15) is 0 Å². The maximum absolute atomic E-state index is 12.2. The van der Waals surface area contributed by atoms with Gasteiger partial charge in [0.1, 0.15) is 46.1 Å². The van der Waals surface area contributed by atoms with Gasteiger partial charge < -0.3 is 43.7 Å². The van der Waals surface area contributed by atoms with Gasteiger partial charge in [0.05, 0.1) is 18.9 Å². The van der Waals surface area contributed by atoms with E-state index in [1.165, 1.54) is 47.9 Å². The van der Waals surface area contributed by atoms with Crippen LogP contribution in [0.15, 0.2) is 84.9 Å². The zero-order chi connectivity index (χ0) is 92.6. The fourth-order valence-corrected chi connectivity index (χ4v) is 14.0. The first-order chi connectivity index (χ1) is 53.9. The number of unbranched alkanes of at least 4 members (excludes halogenated alkanes) is 4. The number of hydrogen-bond acceptors (Lipinski definition) is 12. The van der Waals surface area contributed by atoms with Gasteiger partial charge in [-0.25, -0.2) is 0 Å². The standard InChI is InChI=1S/C24H40O2.2C18H27ClO3.C15H22O2.2C14H23OP/c1-8-9-10-11-12-13-19(25)15-14-18-16-20(23(2,3)4)22(26)21(17-18)24(5,6)7;2*1-17(2,3)13-9-12(7-8-15(20)22-11-19)10-14(16(13)21)18(4,5)6;1-10-8-12(7-6-11(2)16)9-13(14(10)17)15(3,4)5;2*1-13(2,3)10-7-8-12(15-16)11(9-10)14(4,5)6/h16-17,26H,8-15H2,1-7H3;2*9-10,21H,7-8,11H2,1-6H3;8-9,17H,6-7H2,1-5H3;2*7-9H,16H2,1-6H3. The quantitative estimate of drug-likeness (QED) is 0.0218. The second-order valence-electron chi connectivity index (χ2n) is 43.5. The van der Waals surface area contributed by atoms with E-state index in [9.17, 15) is 39.6 Å². The summed E-state index contributed by atoms with van der Waals surface area (Å²) in [7, 11) is 4.66. The number of halogens is 2. The van der Waals surface area contributed by atoms with Gasteiger partial charge in [-0.1, -0.05) is 357 Å².